The van der Waals surface area contributed by atoms with E-state index in [-0.39, 0.29) is 10.8 Å². The lowest BCUT2D eigenvalue weighted by Crippen LogP contribution is -2.49. The summed E-state index contributed by atoms with van der Waals surface area (Å²) in [5.41, 5.74) is 4.83. The van der Waals surface area contributed by atoms with Gasteiger partial charge < -0.3 is 19.4 Å². The first-order chi connectivity index (χ1) is 20.2. The Hall–Kier alpha value is -4.07. The Kier molecular flexibility index (Phi) is 8.71. The van der Waals surface area contributed by atoms with Gasteiger partial charge in [-0.05, 0) is 79.6 Å². The molecule has 220 valence electrons. The van der Waals surface area contributed by atoms with Crippen molar-refractivity contribution in [3.8, 4) is 11.8 Å². The number of nitrogens with zero attached hydrogens (tertiary/aromatic N) is 4. The number of nitrogens with two attached hydrogens (primary N) is 1. The molecule has 3 aromatic carbocycles. The number of ether oxygens (including phenoxy) is 1. The minimum absolute atomic E-state index is 0.0290. The molecule has 2 fully saturated rings. The van der Waals surface area contributed by atoms with Crippen LogP contribution in [0.2, 0.25) is 0 Å². The highest BCUT2D eigenvalue weighted by Crippen LogP contribution is 2.32. The van der Waals surface area contributed by atoms with Crippen LogP contribution in [0.3, 0.4) is 0 Å². The maximum absolute atomic E-state index is 13.7. The lowest BCUT2D eigenvalue weighted by atomic mass is 9.88. The van der Waals surface area contributed by atoms with Gasteiger partial charge in [-0.1, -0.05) is 24.3 Å². The molecule has 3 aromatic rings. The molecule has 0 aromatic heterocycles. The van der Waals surface area contributed by atoms with E-state index in [0.29, 0.717) is 48.9 Å². The molecule has 0 atom stereocenters. The predicted molar refractivity (Wildman–Crippen MR) is 163 cm³/mol. The van der Waals surface area contributed by atoms with Crippen LogP contribution >= 0.6 is 0 Å². The number of piperazine rings is 1. The van der Waals surface area contributed by atoms with Crippen LogP contribution in [0.5, 0.6) is 5.75 Å². The lowest BCUT2D eigenvalue weighted by molar-refractivity contribution is 0.0745. The van der Waals surface area contributed by atoms with E-state index in [0.717, 1.165) is 54.9 Å². The van der Waals surface area contributed by atoms with Gasteiger partial charge in [0.05, 0.1) is 24.0 Å². The molecule has 0 bridgehead atoms. The Morgan fingerprint density at radius 2 is 1.57 bits per heavy atom. The lowest BCUT2D eigenvalue weighted by Gasteiger charge is -2.37. The molecule has 2 heterocycles. The van der Waals surface area contributed by atoms with E-state index in [1.54, 1.807) is 25.3 Å². The largest absolute Gasteiger partial charge is 0.496 e. The number of hydrogen-bond donors (Lipinski definition) is 1. The van der Waals surface area contributed by atoms with E-state index in [1.807, 2.05) is 53.1 Å². The second-order valence-electron chi connectivity index (χ2n) is 11.0. The molecule has 0 aliphatic carbocycles. The van der Waals surface area contributed by atoms with Crippen LogP contribution in [0.4, 0.5) is 11.4 Å². The number of nitriles is 1. The van der Waals surface area contributed by atoms with Gasteiger partial charge in [-0.3, -0.25) is 4.79 Å². The van der Waals surface area contributed by atoms with E-state index in [4.69, 9.17) is 9.88 Å². The molecule has 2 N–H and O–H groups in total. The Balaban J connectivity index is 1.26. The molecule has 2 saturated heterocycles. The van der Waals surface area contributed by atoms with Crippen LogP contribution in [0, 0.1) is 24.2 Å². The van der Waals surface area contributed by atoms with E-state index in [1.165, 1.54) is 6.07 Å². The van der Waals surface area contributed by atoms with Gasteiger partial charge in [0.2, 0.25) is 10.0 Å². The van der Waals surface area contributed by atoms with Crippen LogP contribution in [0.1, 0.15) is 39.9 Å². The van der Waals surface area contributed by atoms with Crippen molar-refractivity contribution in [1.82, 2.24) is 4.90 Å². The quantitative estimate of drug-likeness (QED) is 0.445. The SMILES string of the molecule is COc1cc(C)c(C(=O)N2CCN(c3ccccc3S(N)(=O)=O)CC2)cc1CC1CCN(c2ccccc2C#N)CC1. The standard InChI is InChI=1S/C32H37N5O4S/c1-23-19-30(41-2)26(20-24-11-13-35(14-12-24)28-8-4-3-7-25(28)22-33)21-27(23)32(38)37-17-15-36(16-18-37)29-9-5-6-10-31(29)42(34,39)40/h3-10,19,21,24H,11-18,20H2,1-2H3,(H2,34,39,40). The average molecular weight is 588 g/mol. The van der Waals surface area contributed by atoms with E-state index < -0.39 is 10.0 Å². The zero-order chi connectivity index (χ0) is 29.9. The fourth-order valence-corrected chi connectivity index (χ4v) is 6.88. The first-order valence-electron chi connectivity index (χ1n) is 14.3. The van der Waals surface area contributed by atoms with Crippen LogP contribution in [0.15, 0.2) is 65.6 Å². The number of sulfonamides is 1. The molecule has 2 aliphatic rings. The number of primary sulfonamides is 1. The predicted octanol–water partition coefficient (Wildman–Crippen LogP) is 3.94. The number of benzene rings is 3. The monoisotopic (exact) mass is 587 g/mol. The minimum atomic E-state index is -3.86. The molecule has 1 amide bonds. The van der Waals surface area contributed by atoms with Gasteiger partial charge in [0, 0.05) is 44.8 Å². The maximum atomic E-state index is 13.7. The molecule has 0 spiro atoms. The van der Waals surface area contributed by atoms with Crippen molar-refractivity contribution in [2.45, 2.75) is 31.1 Å². The third-order valence-corrected chi connectivity index (χ3v) is 9.38. The third kappa shape index (κ3) is 6.22. The van der Waals surface area contributed by atoms with E-state index in [2.05, 4.69) is 11.0 Å². The van der Waals surface area contributed by atoms with Crippen molar-refractivity contribution in [2.75, 3.05) is 56.2 Å². The summed E-state index contributed by atoms with van der Waals surface area (Å²) in [6.07, 6.45) is 2.79. The normalized spacial score (nSPS) is 16.3. The van der Waals surface area contributed by atoms with Crippen molar-refractivity contribution >= 4 is 27.3 Å². The van der Waals surface area contributed by atoms with Crippen LogP contribution < -0.4 is 19.7 Å². The van der Waals surface area contributed by atoms with Gasteiger partial charge in [0.15, 0.2) is 0 Å². The number of rotatable bonds is 7. The summed E-state index contributed by atoms with van der Waals surface area (Å²) in [7, 11) is -2.19. The second-order valence-corrected chi connectivity index (χ2v) is 12.6. The Labute approximate surface area is 248 Å². The Morgan fingerprint density at radius 1 is 0.952 bits per heavy atom. The van der Waals surface area contributed by atoms with Gasteiger partial charge in [0.25, 0.3) is 5.91 Å². The van der Waals surface area contributed by atoms with Gasteiger partial charge in [-0.2, -0.15) is 5.26 Å². The highest BCUT2D eigenvalue weighted by Gasteiger charge is 2.28. The number of carbonyl (C=O) groups excluding carboxylic acids is 1. The summed E-state index contributed by atoms with van der Waals surface area (Å²) >= 11 is 0. The first kappa shape index (κ1) is 29.4. The van der Waals surface area contributed by atoms with E-state index in [9.17, 15) is 18.5 Å². The number of aryl methyl sites for hydroxylation is 1. The van der Waals surface area contributed by atoms with Crippen molar-refractivity contribution < 1.29 is 17.9 Å². The maximum Gasteiger partial charge on any atom is 0.254 e. The van der Waals surface area contributed by atoms with Crippen LogP contribution in [0.25, 0.3) is 0 Å². The highest BCUT2D eigenvalue weighted by molar-refractivity contribution is 7.89. The van der Waals surface area contributed by atoms with Gasteiger partial charge >= 0.3 is 0 Å². The average Bonchev–Trinajstić information content (AvgIpc) is 3.01. The zero-order valence-electron chi connectivity index (χ0n) is 24.1. The number of amides is 1. The molecule has 10 heteroatoms. The topological polar surface area (TPSA) is 120 Å². The molecule has 0 saturated carbocycles. The van der Waals surface area contributed by atoms with Crippen LogP contribution in [-0.4, -0.2) is 65.6 Å². The van der Waals surface area contributed by atoms with Gasteiger partial charge in [-0.15, -0.1) is 0 Å². The van der Waals surface area contributed by atoms with Gasteiger partial charge in [-0.25, -0.2) is 13.6 Å². The first-order valence-corrected chi connectivity index (χ1v) is 15.8. The van der Waals surface area contributed by atoms with Crippen molar-refractivity contribution in [2.24, 2.45) is 11.1 Å². The summed E-state index contributed by atoms with van der Waals surface area (Å²) in [5, 5.41) is 14.9. The number of hydrogen-bond acceptors (Lipinski definition) is 7. The number of para-hydroxylation sites is 2. The fourth-order valence-electron chi connectivity index (χ4n) is 6.12. The van der Waals surface area contributed by atoms with Crippen LogP contribution in [-0.2, 0) is 16.4 Å². The molecule has 0 radical (unpaired) electrons. The van der Waals surface area contributed by atoms with Gasteiger partial charge in [0.1, 0.15) is 16.7 Å². The zero-order valence-corrected chi connectivity index (χ0v) is 24.9. The highest BCUT2D eigenvalue weighted by atomic mass is 32.2. The Morgan fingerprint density at radius 3 is 2.21 bits per heavy atom. The molecule has 5 rings (SSSR count). The van der Waals surface area contributed by atoms with Crippen molar-refractivity contribution in [3.05, 3.63) is 82.9 Å². The second kappa shape index (κ2) is 12.4. The summed E-state index contributed by atoms with van der Waals surface area (Å²) in [5.74, 6) is 1.21. The number of anilines is 2. The number of carbonyl (C=O) groups is 1. The molecule has 2 aliphatic heterocycles. The number of piperidine rings is 1. The summed E-state index contributed by atoms with van der Waals surface area (Å²) in [6, 6.07) is 20.7. The minimum Gasteiger partial charge on any atom is -0.496 e. The smallest absolute Gasteiger partial charge is 0.254 e. The van der Waals surface area contributed by atoms with E-state index >= 15 is 0 Å². The Bertz CT molecular complexity index is 1600. The summed E-state index contributed by atoms with van der Waals surface area (Å²) in [4.78, 5) is 19.9. The number of methoxy groups -OCH3 is 1. The fraction of sp³-hybridized carbons (Fsp3) is 0.375. The molecule has 0 unspecified atom stereocenters. The summed E-state index contributed by atoms with van der Waals surface area (Å²) < 4.78 is 29.9. The third-order valence-electron chi connectivity index (χ3n) is 8.43. The molecule has 42 heavy (non-hydrogen) atoms. The summed E-state index contributed by atoms with van der Waals surface area (Å²) in [6.45, 7) is 5.65. The van der Waals surface area contributed by atoms with Crippen molar-refractivity contribution in [1.29, 1.82) is 5.26 Å². The molecular formula is C32H37N5O4S. The van der Waals surface area contributed by atoms with Crippen molar-refractivity contribution in [3.63, 3.8) is 0 Å². The molecular weight excluding hydrogens is 550 g/mol. The molecule has 9 nitrogen and oxygen atoms in total.